The Kier molecular flexibility index (Phi) is 6.76. The van der Waals surface area contributed by atoms with Crippen molar-refractivity contribution in [3.8, 4) is 33.8 Å². The Balaban J connectivity index is 1.22. The van der Waals surface area contributed by atoms with Crippen molar-refractivity contribution in [3.63, 3.8) is 0 Å². The molecule has 0 bridgehead atoms. The highest BCUT2D eigenvalue weighted by Gasteiger charge is 2.17. The molecule has 7 aromatic carbocycles. The minimum absolute atomic E-state index is 0.518. The lowest BCUT2D eigenvalue weighted by Gasteiger charge is -2.26. The first-order chi connectivity index (χ1) is 23.8. The minimum atomic E-state index is 0.518. The number of rotatable bonds is 6. The molecule has 2 heterocycles. The van der Waals surface area contributed by atoms with E-state index >= 15 is 0 Å². The third kappa shape index (κ3) is 4.97. The quantitative estimate of drug-likeness (QED) is 0.175. The van der Waals surface area contributed by atoms with Gasteiger partial charge in [-0.25, -0.2) is 4.98 Å². The molecule has 2 aromatic heterocycles. The molecule has 0 spiro atoms. The maximum Gasteiger partial charge on any atom is 0.246 e. The van der Waals surface area contributed by atoms with Gasteiger partial charge in [-0.1, -0.05) is 115 Å². The summed E-state index contributed by atoms with van der Waals surface area (Å²) in [5.41, 5.74) is 10.3. The molecule has 0 saturated heterocycles. The van der Waals surface area contributed by atoms with Crippen LogP contribution in [0.3, 0.4) is 0 Å². The number of pyridine rings is 1. The lowest BCUT2D eigenvalue weighted by atomic mass is 9.99. The molecule has 0 saturated carbocycles. The molecule has 0 atom stereocenters. The van der Waals surface area contributed by atoms with Crippen molar-refractivity contribution in [2.24, 2.45) is 0 Å². The molecule has 48 heavy (non-hydrogen) atoms. The van der Waals surface area contributed by atoms with Crippen molar-refractivity contribution >= 4 is 49.7 Å². The fraction of sp³-hybridized carbons (Fsp3) is 0. The summed E-state index contributed by atoms with van der Waals surface area (Å²) in [7, 11) is 0. The third-order valence-corrected chi connectivity index (χ3v) is 8.95. The number of hydrogen-bond donors (Lipinski definition) is 0. The molecular formula is C44H29N3O. The third-order valence-electron chi connectivity index (χ3n) is 8.95. The summed E-state index contributed by atoms with van der Waals surface area (Å²) in [5, 5.41) is 4.43. The molecule has 0 N–H and O–H groups in total. The second-order valence-corrected chi connectivity index (χ2v) is 11.9. The van der Waals surface area contributed by atoms with Crippen LogP contribution in [0.4, 0.5) is 17.1 Å². The van der Waals surface area contributed by atoms with E-state index in [2.05, 4.69) is 143 Å². The van der Waals surface area contributed by atoms with Crippen LogP contribution < -0.4 is 4.90 Å². The van der Waals surface area contributed by atoms with Crippen molar-refractivity contribution in [1.29, 1.82) is 0 Å². The van der Waals surface area contributed by atoms with Crippen LogP contribution in [0.1, 0.15) is 0 Å². The summed E-state index contributed by atoms with van der Waals surface area (Å²) in [6.45, 7) is 0. The number of fused-ring (bicyclic) bond motifs is 5. The molecule has 0 fully saturated rings. The van der Waals surface area contributed by atoms with Gasteiger partial charge in [0.15, 0.2) is 5.58 Å². The summed E-state index contributed by atoms with van der Waals surface area (Å²) < 4.78 is 6.24. The largest absolute Gasteiger partial charge is 0.435 e. The number of anilines is 3. The van der Waals surface area contributed by atoms with Crippen LogP contribution in [0.5, 0.6) is 0 Å². The zero-order chi connectivity index (χ0) is 31.9. The molecule has 9 rings (SSSR count). The van der Waals surface area contributed by atoms with Gasteiger partial charge >= 0.3 is 0 Å². The van der Waals surface area contributed by atoms with Gasteiger partial charge in [0.05, 0.1) is 0 Å². The smallest absolute Gasteiger partial charge is 0.246 e. The van der Waals surface area contributed by atoms with Gasteiger partial charge in [-0.3, -0.25) is 4.98 Å². The van der Waals surface area contributed by atoms with Crippen molar-refractivity contribution < 1.29 is 4.42 Å². The topological polar surface area (TPSA) is 42.2 Å². The first-order valence-electron chi connectivity index (χ1n) is 16.1. The summed E-state index contributed by atoms with van der Waals surface area (Å²) in [6, 6.07) is 59.5. The van der Waals surface area contributed by atoms with E-state index in [0.717, 1.165) is 49.7 Å². The van der Waals surface area contributed by atoms with E-state index in [1.807, 2.05) is 36.4 Å². The molecule has 9 aromatic rings. The minimum Gasteiger partial charge on any atom is -0.435 e. The standard InChI is InChI=1S/C44H29N3O/c1-3-9-30(10-4-1)32-16-22-36(23-17-32)47(37-24-18-33(19-25-37)31-11-5-2-6-12-31)38-26-20-34-14-15-35-21-27-41-43(42(35)39(34)29-38)46-44(48-41)40-13-7-8-28-45-40/h1-29H. The number of nitrogens with zero attached hydrogens (tertiary/aromatic N) is 3. The van der Waals surface area contributed by atoms with E-state index < -0.39 is 0 Å². The molecule has 4 heteroatoms. The van der Waals surface area contributed by atoms with Crippen molar-refractivity contribution in [2.45, 2.75) is 0 Å². The Morgan fingerprint density at radius 3 is 1.62 bits per heavy atom. The molecule has 0 aliphatic rings. The van der Waals surface area contributed by atoms with Crippen molar-refractivity contribution in [1.82, 2.24) is 9.97 Å². The fourth-order valence-electron chi connectivity index (χ4n) is 6.57. The van der Waals surface area contributed by atoms with Crippen LogP contribution in [-0.4, -0.2) is 9.97 Å². The summed E-state index contributed by atoms with van der Waals surface area (Å²) >= 11 is 0. The van der Waals surface area contributed by atoms with Crippen LogP contribution in [-0.2, 0) is 0 Å². The Morgan fingerprint density at radius 2 is 1.00 bits per heavy atom. The Morgan fingerprint density at radius 1 is 0.458 bits per heavy atom. The average molecular weight is 616 g/mol. The van der Waals surface area contributed by atoms with E-state index in [-0.39, 0.29) is 0 Å². The molecular weight excluding hydrogens is 587 g/mol. The van der Waals surface area contributed by atoms with E-state index in [1.54, 1.807) is 6.20 Å². The number of aromatic nitrogens is 2. The van der Waals surface area contributed by atoms with Gasteiger partial charge in [-0.2, -0.15) is 0 Å². The lowest BCUT2D eigenvalue weighted by Crippen LogP contribution is -2.09. The predicted octanol–water partition coefficient (Wildman–Crippen LogP) is 12.0. The lowest BCUT2D eigenvalue weighted by molar-refractivity contribution is 0.617. The normalized spacial score (nSPS) is 11.3. The van der Waals surface area contributed by atoms with Crippen molar-refractivity contribution in [3.05, 3.63) is 176 Å². The summed E-state index contributed by atoms with van der Waals surface area (Å²) in [4.78, 5) is 11.8. The Hall–Kier alpha value is -6.52. The van der Waals surface area contributed by atoms with E-state index in [9.17, 15) is 0 Å². The maximum absolute atomic E-state index is 6.24. The molecule has 0 unspecified atom stereocenters. The first-order valence-corrected chi connectivity index (χ1v) is 16.1. The van der Waals surface area contributed by atoms with Gasteiger partial charge in [0.25, 0.3) is 0 Å². The average Bonchev–Trinajstić information content (AvgIpc) is 3.61. The summed E-state index contributed by atoms with van der Waals surface area (Å²) in [5.74, 6) is 0.518. The Bertz CT molecular complexity index is 2440. The number of oxazole rings is 1. The fourth-order valence-corrected chi connectivity index (χ4v) is 6.57. The highest BCUT2D eigenvalue weighted by atomic mass is 16.3. The highest BCUT2D eigenvalue weighted by molar-refractivity contribution is 6.19. The first kappa shape index (κ1) is 27.8. The molecule has 0 amide bonds. The van der Waals surface area contributed by atoms with Gasteiger partial charge < -0.3 is 9.32 Å². The van der Waals surface area contributed by atoms with Crippen LogP contribution in [0, 0.1) is 0 Å². The predicted molar refractivity (Wildman–Crippen MR) is 198 cm³/mol. The number of benzene rings is 7. The highest BCUT2D eigenvalue weighted by Crippen LogP contribution is 2.40. The molecule has 0 aliphatic heterocycles. The van der Waals surface area contributed by atoms with Gasteiger partial charge in [-0.15, -0.1) is 0 Å². The van der Waals surface area contributed by atoms with E-state index in [1.165, 1.54) is 22.3 Å². The Labute approximate surface area is 278 Å². The van der Waals surface area contributed by atoms with Crippen LogP contribution in [0.15, 0.2) is 180 Å². The van der Waals surface area contributed by atoms with Crippen LogP contribution in [0.25, 0.3) is 66.5 Å². The molecule has 0 aliphatic carbocycles. The summed E-state index contributed by atoms with van der Waals surface area (Å²) in [6.07, 6.45) is 1.76. The van der Waals surface area contributed by atoms with E-state index in [0.29, 0.717) is 11.6 Å². The van der Waals surface area contributed by atoms with Crippen LogP contribution in [0.2, 0.25) is 0 Å². The van der Waals surface area contributed by atoms with Gasteiger partial charge in [0.2, 0.25) is 5.89 Å². The molecule has 4 nitrogen and oxygen atoms in total. The molecule has 0 radical (unpaired) electrons. The zero-order valence-corrected chi connectivity index (χ0v) is 26.0. The van der Waals surface area contributed by atoms with E-state index in [4.69, 9.17) is 9.40 Å². The van der Waals surface area contributed by atoms with Gasteiger partial charge in [-0.05, 0) is 93.0 Å². The van der Waals surface area contributed by atoms with Gasteiger partial charge in [0.1, 0.15) is 11.2 Å². The second kappa shape index (κ2) is 11.7. The van der Waals surface area contributed by atoms with Crippen molar-refractivity contribution in [2.75, 3.05) is 4.90 Å². The van der Waals surface area contributed by atoms with Crippen LogP contribution >= 0.6 is 0 Å². The monoisotopic (exact) mass is 615 g/mol. The van der Waals surface area contributed by atoms with Gasteiger partial charge in [0, 0.05) is 28.6 Å². The number of hydrogen-bond acceptors (Lipinski definition) is 4. The second-order valence-electron chi connectivity index (χ2n) is 11.9. The maximum atomic E-state index is 6.24. The zero-order valence-electron chi connectivity index (χ0n) is 26.0. The SMILES string of the molecule is c1ccc(-c2ccc(N(c3ccc(-c4ccccc4)cc3)c3ccc4ccc5ccc6oc(-c7ccccn7)nc6c5c4c3)cc2)cc1. The molecule has 226 valence electrons.